The van der Waals surface area contributed by atoms with Crippen molar-refractivity contribution in [3.05, 3.63) is 42.5 Å². The highest BCUT2D eigenvalue weighted by Gasteiger charge is 2.40. The number of nitrogens with zero attached hydrogens (tertiary/aromatic N) is 1. The average molecular weight is 342 g/mol. The number of carbonyl (C=O) groups is 2. The van der Waals surface area contributed by atoms with Crippen molar-refractivity contribution >= 4 is 17.5 Å². The first-order chi connectivity index (χ1) is 12.0. The lowest BCUT2D eigenvalue weighted by Gasteiger charge is -2.33. The second-order valence-corrected chi connectivity index (χ2v) is 7.17. The molecule has 2 aliphatic rings. The molecule has 1 saturated heterocycles. The van der Waals surface area contributed by atoms with Gasteiger partial charge in [-0.25, -0.2) is 0 Å². The molecule has 25 heavy (non-hydrogen) atoms. The van der Waals surface area contributed by atoms with E-state index in [9.17, 15) is 9.59 Å². The maximum absolute atomic E-state index is 12.5. The molecule has 1 aromatic carbocycles. The molecule has 3 rings (SSSR count). The first-order valence-electron chi connectivity index (χ1n) is 8.92. The summed E-state index contributed by atoms with van der Waals surface area (Å²) in [5, 5.41) is 3.17. The monoisotopic (exact) mass is 342 g/mol. The summed E-state index contributed by atoms with van der Waals surface area (Å²) in [5.41, 5.74) is 1.73. The van der Waals surface area contributed by atoms with Gasteiger partial charge in [0.1, 0.15) is 0 Å². The number of hydrogen-bond donors (Lipinski definition) is 1. The summed E-state index contributed by atoms with van der Waals surface area (Å²) < 4.78 is 5.48. The molecule has 5 nitrogen and oxygen atoms in total. The fraction of sp³-hybridized carbons (Fsp3) is 0.500. The first-order valence-corrected chi connectivity index (χ1v) is 8.92. The quantitative estimate of drug-likeness (QED) is 0.856. The summed E-state index contributed by atoms with van der Waals surface area (Å²) in [6, 6.07) is 7.33. The van der Waals surface area contributed by atoms with Crippen LogP contribution in [0.1, 0.15) is 42.5 Å². The Morgan fingerprint density at radius 2 is 1.92 bits per heavy atom. The van der Waals surface area contributed by atoms with Gasteiger partial charge in [0.2, 0.25) is 5.91 Å². The highest BCUT2D eigenvalue weighted by Crippen LogP contribution is 2.45. The van der Waals surface area contributed by atoms with E-state index >= 15 is 0 Å². The molecule has 1 aromatic rings. The third-order valence-electron chi connectivity index (χ3n) is 5.61. The number of likely N-dealkylation sites (N-methyl/N-ethyl adjacent to an activating group) is 1. The van der Waals surface area contributed by atoms with Gasteiger partial charge >= 0.3 is 0 Å². The van der Waals surface area contributed by atoms with Crippen molar-refractivity contribution in [2.75, 3.05) is 25.2 Å². The van der Waals surface area contributed by atoms with Crippen LogP contribution < -0.4 is 10.2 Å². The van der Waals surface area contributed by atoms with Crippen molar-refractivity contribution in [1.29, 1.82) is 0 Å². The molecular weight excluding hydrogens is 316 g/mol. The molecule has 1 aliphatic heterocycles. The molecule has 134 valence electrons. The Balaban J connectivity index is 1.58. The molecule has 1 aliphatic carbocycles. The zero-order valence-corrected chi connectivity index (χ0v) is 14.8. The Hall–Kier alpha value is -2.14. The SMILES string of the molecule is C=CC(=O)N(C)c1ccc(C(=O)NC2CCC3(CCOCC3)C2)cc1. The van der Waals surface area contributed by atoms with Crippen LogP contribution in [0.5, 0.6) is 0 Å². The minimum atomic E-state index is -0.176. The van der Waals surface area contributed by atoms with Gasteiger partial charge in [0.05, 0.1) is 0 Å². The van der Waals surface area contributed by atoms with E-state index in [-0.39, 0.29) is 17.9 Å². The first kappa shape index (κ1) is 17.7. The van der Waals surface area contributed by atoms with Gasteiger partial charge in [0.15, 0.2) is 0 Å². The smallest absolute Gasteiger partial charge is 0.251 e. The minimum Gasteiger partial charge on any atom is -0.381 e. The number of anilines is 1. The highest BCUT2D eigenvalue weighted by molar-refractivity contribution is 6.01. The largest absolute Gasteiger partial charge is 0.381 e. The molecule has 2 fully saturated rings. The molecule has 0 aromatic heterocycles. The zero-order chi connectivity index (χ0) is 17.9. The van der Waals surface area contributed by atoms with Crippen molar-refractivity contribution < 1.29 is 14.3 Å². The van der Waals surface area contributed by atoms with E-state index < -0.39 is 0 Å². The fourth-order valence-electron chi connectivity index (χ4n) is 3.96. The Bertz CT molecular complexity index is 647. The minimum absolute atomic E-state index is 0.0432. The van der Waals surface area contributed by atoms with E-state index in [1.807, 2.05) is 0 Å². The number of amides is 2. The summed E-state index contributed by atoms with van der Waals surface area (Å²) in [6.07, 6.45) is 6.76. The van der Waals surface area contributed by atoms with Crippen molar-refractivity contribution in [3.8, 4) is 0 Å². The number of benzene rings is 1. The van der Waals surface area contributed by atoms with Crippen LogP contribution in [0.2, 0.25) is 0 Å². The second-order valence-electron chi connectivity index (χ2n) is 7.17. The number of carbonyl (C=O) groups excluding carboxylic acids is 2. The molecule has 2 amide bonds. The molecular formula is C20H26N2O3. The number of ether oxygens (including phenoxy) is 1. The summed E-state index contributed by atoms with van der Waals surface area (Å²) in [7, 11) is 1.69. The van der Waals surface area contributed by atoms with Crippen LogP contribution in [0.3, 0.4) is 0 Å². The molecule has 1 unspecified atom stereocenters. The van der Waals surface area contributed by atoms with Gasteiger partial charge in [-0.2, -0.15) is 0 Å². The Morgan fingerprint density at radius 3 is 2.56 bits per heavy atom. The Labute approximate surface area is 149 Å². The van der Waals surface area contributed by atoms with E-state index in [2.05, 4.69) is 11.9 Å². The summed E-state index contributed by atoms with van der Waals surface area (Å²) >= 11 is 0. The summed E-state index contributed by atoms with van der Waals surface area (Å²) in [4.78, 5) is 25.6. The van der Waals surface area contributed by atoms with Crippen LogP contribution in [0.25, 0.3) is 0 Å². The molecule has 1 spiro atoms. The standard InChI is InChI=1S/C20H26N2O3/c1-3-18(23)22(2)17-6-4-15(5-7-17)19(24)21-16-8-9-20(14-16)10-12-25-13-11-20/h3-7,16H,1,8-14H2,2H3,(H,21,24). The number of nitrogens with one attached hydrogen (secondary N) is 1. The summed E-state index contributed by atoms with van der Waals surface area (Å²) in [6.45, 7) is 5.18. The fourth-order valence-corrected chi connectivity index (χ4v) is 3.96. The maximum Gasteiger partial charge on any atom is 0.251 e. The lowest BCUT2D eigenvalue weighted by Crippen LogP contribution is -2.35. The lowest BCUT2D eigenvalue weighted by atomic mass is 9.78. The highest BCUT2D eigenvalue weighted by atomic mass is 16.5. The van der Waals surface area contributed by atoms with Crippen LogP contribution >= 0.6 is 0 Å². The molecule has 5 heteroatoms. The van der Waals surface area contributed by atoms with Crippen molar-refractivity contribution in [2.24, 2.45) is 5.41 Å². The van der Waals surface area contributed by atoms with Crippen LogP contribution in [0.15, 0.2) is 36.9 Å². The van der Waals surface area contributed by atoms with Crippen molar-refractivity contribution in [3.63, 3.8) is 0 Å². The normalized spacial score (nSPS) is 21.7. The molecule has 1 saturated carbocycles. The third kappa shape index (κ3) is 3.93. The van der Waals surface area contributed by atoms with Gasteiger partial charge in [-0.05, 0) is 67.9 Å². The molecule has 1 atom stereocenters. The molecule has 1 heterocycles. The molecule has 0 bridgehead atoms. The lowest BCUT2D eigenvalue weighted by molar-refractivity contribution is -0.113. The third-order valence-corrected chi connectivity index (χ3v) is 5.61. The van der Waals surface area contributed by atoms with E-state index in [1.165, 1.54) is 17.4 Å². The van der Waals surface area contributed by atoms with E-state index in [0.717, 1.165) is 44.6 Å². The predicted molar refractivity (Wildman–Crippen MR) is 97.6 cm³/mol. The van der Waals surface area contributed by atoms with Crippen molar-refractivity contribution in [1.82, 2.24) is 5.32 Å². The van der Waals surface area contributed by atoms with Gasteiger partial charge in [-0.1, -0.05) is 6.58 Å². The van der Waals surface area contributed by atoms with Crippen molar-refractivity contribution in [2.45, 2.75) is 38.1 Å². The maximum atomic E-state index is 12.5. The Kier molecular flexibility index (Phi) is 5.23. The average Bonchev–Trinajstić information content (AvgIpc) is 3.02. The molecule has 1 N–H and O–H groups in total. The molecule has 0 radical (unpaired) electrons. The topological polar surface area (TPSA) is 58.6 Å². The van der Waals surface area contributed by atoms with Crippen LogP contribution in [0, 0.1) is 5.41 Å². The van der Waals surface area contributed by atoms with E-state index in [4.69, 9.17) is 4.74 Å². The van der Waals surface area contributed by atoms with E-state index in [1.54, 1.807) is 31.3 Å². The van der Waals surface area contributed by atoms with Crippen LogP contribution in [-0.4, -0.2) is 38.1 Å². The van der Waals surface area contributed by atoms with Gasteiger partial charge < -0.3 is 15.0 Å². The van der Waals surface area contributed by atoms with Crippen LogP contribution in [-0.2, 0) is 9.53 Å². The van der Waals surface area contributed by atoms with Gasteiger partial charge in [-0.15, -0.1) is 0 Å². The number of rotatable bonds is 4. The van der Waals surface area contributed by atoms with Gasteiger partial charge in [-0.3, -0.25) is 9.59 Å². The van der Waals surface area contributed by atoms with E-state index in [0.29, 0.717) is 11.0 Å². The van der Waals surface area contributed by atoms with Gasteiger partial charge in [0.25, 0.3) is 5.91 Å². The predicted octanol–water partition coefficient (Wildman–Crippen LogP) is 2.91. The zero-order valence-electron chi connectivity index (χ0n) is 14.8. The second kappa shape index (κ2) is 7.40. The van der Waals surface area contributed by atoms with Crippen LogP contribution in [0.4, 0.5) is 5.69 Å². The van der Waals surface area contributed by atoms with Gasteiger partial charge in [0, 0.05) is 37.6 Å². The summed E-state index contributed by atoms with van der Waals surface area (Å²) in [5.74, 6) is -0.219. The number of hydrogen-bond acceptors (Lipinski definition) is 3. The Morgan fingerprint density at radius 1 is 1.24 bits per heavy atom.